The Hall–Kier alpha value is -1.37. The van der Waals surface area contributed by atoms with Crippen LogP contribution in [0, 0.1) is 6.92 Å². The Balaban J connectivity index is 2.01. The molecular weight excluding hydrogens is 182 g/mol. The first-order valence-corrected chi connectivity index (χ1v) is 5.67. The van der Waals surface area contributed by atoms with Crippen molar-refractivity contribution in [2.75, 3.05) is 13.1 Å². The van der Waals surface area contributed by atoms with Crippen LogP contribution < -0.4 is 0 Å². The topological polar surface area (TPSA) is 3.01 Å². The van der Waals surface area contributed by atoms with E-state index in [2.05, 4.69) is 54.1 Å². The molecule has 0 spiro atoms. The van der Waals surface area contributed by atoms with Crippen LogP contribution in [-0.4, -0.2) is 23.9 Å². The molecule has 0 aromatic heterocycles. The third-order valence-corrected chi connectivity index (χ3v) is 2.77. The molecule has 1 aliphatic heterocycles. The molecule has 1 nitrogen and oxygen atoms in total. The maximum atomic E-state index is 2.38. The van der Waals surface area contributed by atoms with Crippen LogP contribution in [0.2, 0.25) is 0 Å². The number of hydrogen-bond donors (Lipinski definition) is 0. The normalized spacial score (nSPS) is 16.2. The summed E-state index contributed by atoms with van der Waals surface area (Å²) in [6.07, 6.45) is 9.21. The molecule has 1 aromatic carbocycles. The smallest absolute Gasteiger partial charge is 0.163 e. The van der Waals surface area contributed by atoms with Crippen molar-refractivity contribution in [2.24, 2.45) is 0 Å². The van der Waals surface area contributed by atoms with Crippen LogP contribution in [0.15, 0.2) is 30.3 Å². The minimum absolute atomic E-state index is 1.22. The van der Waals surface area contributed by atoms with Crippen LogP contribution in [0.5, 0.6) is 0 Å². The van der Waals surface area contributed by atoms with Crippen molar-refractivity contribution in [3.63, 3.8) is 0 Å². The van der Waals surface area contributed by atoms with Crippen LogP contribution in [0.4, 0.5) is 0 Å². The number of aryl methyl sites for hydroxylation is 1. The van der Waals surface area contributed by atoms with Crippen molar-refractivity contribution < 1.29 is 4.58 Å². The van der Waals surface area contributed by atoms with Gasteiger partial charge in [-0.1, -0.05) is 29.8 Å². The van der Waals surface area contributed by atoms with Crippen molar-refractivity contribution in [3.05, 3.63) is 41.5 Å². The largest absolute Gasteiger partial charge is 0.236 e. The Labute approximate surface area is 91.8 Å². The second kappa shape index (κ2) is 4.92. The summed E-state index contributed by atoms with van der Waals surface area (Å²) in [5.74, 6) is 0. The van der Waals surface area contributed by atoms with Crippen LogP contribution in [0.3, 0.4) is 0 Å². The van der Waals surface area contributed by atoms with Gasteiger partial charge in [-0.25, -0.2) is 4.58 Å². The van der Waals surface area contributed by atoms with E-state index in [9.17, 15) is 0 Å². The Morgan fingerprint density at radius 3 is 2.73 bits per heavy atom. The minimum Gasteiger partial charge on any atom is -0.236 e. The lowest BCUT2D eigenvalue weighted by Crippen LogP contribution is -2.05. The molecule has 0 N–H and O–H groups in total. The summed E-state index contributed by atoms with van der Waals surface area (Å²) in [5, 5.41) is 0. The van der Waals surface area contributed by atoms with E-state index in [1.165, 1.54) is 37.1 Å². The molecule has 78 valence electrons. The van der Waals surface area contributed by atoms with Crippen molar-refractivity contribution in [2.45, 2.75) is 19.8 Å². The van der Waals surface area contributed by atoms with Crippen molar-refractivity contribution in [1.29, 1.82) is 0 Å². The van der Waals surface area contributed by atoms with Gasteiger partial charge in [-0.2, -0.15) is 0 Å². The van der Waals surface area contributed by atoms with E-state index in [0.29, 0.717) is 0 Å². The van der Waals surface area contributed by atoms with E-state index in [0.717, 1.165) is 0 Å². The number of rotatable bonds is 2. The summed E-state index contributed by atoms with van der Waals surface area (Å²) in [5.41, 5.74) is 2.60. The van der Waals surface area contributed by atoms with Crippen LogP contribution in [0.1, 0.15) is 24.0 Å². The molecule has 2 rings (SSSR count). The Morgan fingerprint density at radius 1 is 1.20 bits per heavy atom. The van der Waals surface area contributed by atoms with E-state index < -0.39 is 0 Å². The quantitative estimate of drug-likeness (QED) is 0.646. The molecule has 1 aromatic rings. The summed E-state index contributed by atoms with van der Waals surface area (Å²) in [4.78, 5) is 0. The minimum atomic E-state index is 1.22. The summed E-state index contributed by atoms with van der Waals surface area (Å²) < 4.78 is 2.38. The zero-order valence-corrected chi connectivity index (χ0v) is 9.32. The lowest BCUT2D eigenvalue weighted by molar-refractivity contribution is -0.500. The molecule has 0 radical (unpaired) electrons. The number of benzene rings is 1. The predicted molar refractivity (Wildman–Crippen MR) is 65.5 cm³/mol. The number of hydrogen-bond acceptors (Lipinski definition) is 0. The van der Waals surface area contributed by atoms with Crippen molar-refractivity contribution >= 4 is 12.3 Å². The highest BCUT2D eigenvalue weighted by Crippen LogP contribution is 2.05. The van der Waals surface area contributed by atoms with Gasteiger partial charge in [0.2, 0.25) is 0 Å². The lowest BCUT2D eigenvalue weighted by Gasteiger charge is -1.93. The van der Waals surface area contributed by atoms with Gasteiger partial charge in [0.05, 0.1) is 0 Å². The van der Waals surface area contributed by atoms with Gasteiger partial charge in [0, 0.05) is 18.9 Å². The van der Waals surface area contributed by atoms with Gasteiger partial charge in [0.25, 0.3) is 0 Å². The average molecular weight is 200 g/mol. The van der Waals surface area contributed by atoms with Crippen LogP contribution in [0.25, 0.3) is 6.08 Å². The first-order chi connectivity index (χ1) is 7.34. The van der Waals surface area contributed by atoms with E-state index >= 15 is 0 Å². The first-order valence-electron chi connectivity index (χ1n) is 5.67. The third-order valence-electron chi connectivity index (χ3n) is 2.77. The summed E-state index contributed by atoms with van der Waals surface area (Å²) >= 11 is 0. The summed E-state index contributed by atoms with van der Waals surface area (Å²) in [6.45, 7) is 4.57. The van der Waals surface area contributed by atoms with E-state index in [4.69, 9.17) is 0 Å². The highest BCUT2D eigenvalue weighted by Gasteiger charge is 2.10. The molecule has 1 fully saturated rings. The summed E-state index contributed by atoms with van der Waals surface area (Å²) in [6, 6.07) is 8.57. The van der Waals surface area contributed by atoms with Gasteiger partial charge in [0.1, 0.15) is 13.1 Å². The first kappa shape index (κ1) is 10.2. The lowest BCUT2D eigenvalue weighted by atomic mass is 10.1. The molecule has 0 aliphatic carbocycles. The molecular formula is C14H18N+. The molecule has 0 bridgehead atoms. The van der Waals surface area contributed by atoms with E-state index in [1.807, 2.05) is 0 Å². The monoisotopic (exact) mass is 200 g/mol. The van der Waals surface area contributed by atoms with Gasteiger partial charge in [-0.05, 0) is 18.6 Å². The second-order valence-electron chi connectivity index (χ2n) is 4.17. The maximum Gasteiger partial charge on any atom is 0.163 e. The maximum absolute atomic E-state index is 2.38. The molecule has 0 amide bonds. The average Bonchev–Trinajstić information content (AvgIpc) is 2.71. The fourth-order valence-electron chi connectivity index (χ4n) is 1.94. The van der Waals surface area contributed by atoms with Crippen LogP contribution >= 0.6 is 0 Å². The Bertz CT molecular complexity index is 380. The fraction of sp³-hybridized carbons (Fsp3) is 0.357. The number of nitrogens with zero attached hydrogens (tertiary/aromatic N) is 1. The molecule has 15 heavy (non-hydrogen) atoms. The standard InChI is InChI=1S/C14H18N/c1-13-6-4-7-14(12-13)8-5-11-15-9-2-3-10-15/h4-8,11-12H,2-3,9-10H2,1H3/q+1/b8-5+. The van der Waals surface area contributed by atoms with Gasteiger partial charge in [0.15, 0.2) is 6.21 Å². The molecule has 1 saturated heterocycles. The van der Waals surface area contributed by atoms with Crippen molar-refractivity contribution in [3.8, 4) is 0 Å². The highest BCUT2D eigenvalue weighted by atomic mass is 15.0. The number of allylic oxidation sites excluding steroid dienone is 1. The molecule has 1 heterocycles. The molecule has 1 aliphatic rings. The molecule has 0 saturated carbocycles. The van der Waals surface area contributed by atoms with Gasteiger partial charge in [-0.3, -0.25) is 0 Å². The SMILES string of the molecule is Cc1cccc(/C=C/C=[N+]2CCCC2)c1. The van der Waals surface area contributed by atoms with E-state index in [-0.39, 0.29) is 0 Å². The highest BCUT2D eigenvalue weighted by molar-refractivity contribution is 5.74. The van der Waals surface area contributed by atoms with Crippen molar-refractivity contribution in [1.82, 2.24) is 0 Å². The zero-order chi connectivity index (χ0) is 10.5. The third kappa shape index (κ3) is 3.05. The van der Waals surface area contributed by atoms with Gasteiger partial charge in [-0.15, -0.1) is 0 Å². The fourth-order valence-corrected chi connectivity index (χ4v) is 1.94. The summed E-state index contributed by atoms with van der Waals surface area (Å²) in [7, 11) is 0. The molecule has 1 heteroatoms. The second-order valence-corrected chi connectivity index (χ2v) is 4.17. The zero-order valence-electron chi connectivity index (χ0n) is 9.32. The van der Waals surface area contributed by atoms with Gasteiger partial charge >= 0.3 is 0 Å². The Morgan fingerprint density at radius 2 is 2.00 bits per heavy atom. The predicted octanol–water partition coefficient (Wildman–Crippen LogP) is 2.89. The van der Waals surface area contributed by atoms with E-state index in [1.54, 1.807) is 0 Å². The molecule has 0 unspecified atom stereocenters. The molecule has 0 atom stereocenters. The Kier molecular flexibility index (Phi) is 3.33. The van der Waals surface area contributed by atoms with Crippen LogP contribution in [-0.2, 0) is 0 Å². The van der Waals surface area contributed by atoms with Gasteiger partial charge < -0.3 is 0 Å².